The Bertz CT molecular complexity index is 1320. The van der Waals surface area contributed by atoms with Crippen molar-refractivity contribution in [2.24, 2.45) is 0 Å². The molecular formula is C26H27N5O2S. The second-order valence-corrected chi connectivity index (χ2v) is 7.89. The van der Waals surface area contributed by atoms with Crippen LogP contribution in [0.15, 0.2) is 67.1 Å². The summed E-state index contributed by atoms with van der Waals surface area (Å²) < 4.78 is 0. The maximum Gasteiger partial charge on any atom is 0.251 e. The number of carbonyl (C=O) groups is 2. The van der Waals surface area contributed by atoms with E-state index in [-0.39, 0.29) is 31.1 Å². The van der Waals surface area contributed by atoms with Gasteiger partial charge in [0, 0.05) is 48.3 Å². The molecule has 4 aromatic rings. The summed E-state index contributed by atoms with van der Waals surface area (Å²) in [6.45, 7) is 4.29. The molecule has 2 N–H and O–H groups in total. The highest BCUT2D eigenvalue weighted by molar-refractivity contribution is 7.59. The quantitative estimate of drug-likeness (QED) is 0.381. The highest BCUT2D eigenvalue weighted by atomic mass is 32.1. The van der Waals surface area contributed by atoms with Crippen molar-refractivity contribution in [3.8, 4) is 11.3 Å². The second kappa shape index (κ2) is 10.9. The van der Waals surface area contributed by atoms with Gasteiger partial charge in [-0.25, -0.2) is 9.97 Å². The van der Waals surface area contributed by atoms with Crippen LogP contribution in [0.2, 0.25) is 0 Å². The van der Waals surface area contributed by atoms with Gasteiger partial charge in [0.1, 0.15) is 12.1 Å². The summed E-state index contributed by atoms with van der Waals surface area (Å²) in [6.07, 6.45) is 3.20. The minimum Gasteiger partial charge on any atom is -0.369 e. The van der Waals surface area contributed by atoms with E-state index in [0.717, 1.165) is 27.7 Å². The van der Waals surface area contributed by atoms with E-state index in [0.29, 0.717) is 23.5 Å². The smallest absolute Gasteiger partial charge is 0.251 e. The van der Waals surface area contributed by atoms with E-state index in [1.807, 2.05) is 36.4 Å². The first-order valence-electron chi connectivity index (χ1n) is 10.7. The van der Waals surface area contributed by atoms with Crippen molar-refractivity contribution in [3.05, 3.63) is 83.8 Å². The molecule has 0 fully saturated rings. The first-order chi connectivity index (χ1) is 16.0. The van der Waals surface area contributed by atoms with Gasteiger partial charge in [-0.3, -0.25) is 14.6 Å². The van der Waals surface area contributed by atoms with Gasteiger partial charge in [0.05, 0.1) is 16.8 Å². The van der Waals surface area contributed by atoms with Crippen LogP contribution in [0, 0.1) is 0 Å². The Kier molecular flexibility index (Phi) is 7.96. The van der Waals surface area contributed by atoms with E-state index in [1.54, 1.807) is 38.4 Å². The second-order valence-electron chi connectivity index (χ2n) is 7.89. The largest absolute Gasteiger partial charge is 0.369 e. The van der Waals surface area contributed by atoms with Crippen molar-refractivity contribution in [2.45, 2.75) is 19.8 Å². The minimum atomic E-state index is -0.129. The van der Waals surface area contributed by atoms with Crippen molar-refractivity contribution in [2.75, 3.05) is 18.9 Å². The van der Waals surface area contributed by atoms with E-state index in [9.17, 15) is 9.59 Å². The van der Waals surface area contributed by atoms with Gasteiger partial charge >= 0.3 is 0 Å². The summed E-state index contributed by atoms with van der Waals surface area (Å²) in [5.41, 5.74) is 4.85. The third-order valence-corrected chi connectivity index (χ3v) is 5.65. The number of rotatable bonds is 7. The number of fused-ring (bicyclic) bond motifs is 1. The average molecular weight is 474 g/mol. The monoisotopic (exact) mass is 473 g/mol. The van der Waals surface area contributed by atoms with Gasteiger partial charge in [0.15, 0.2) is 5.78 Å². The van der Waals surface area contributed by atoms with Crippen molar-refractivity contribution in [1.29, 1.82) is 0 Å². The number of pyridine rings is 1. The van der Waals surface area contributed by atoms with Gasteiger partial charge in [-0.05, 0) is 18.6 Å². The number of amides is 1. The molecule has 34 heavy (non-hydrogen) atoms. The molecule has 2 heterocycles. The molecule has 0 aliphatic heterocycles. The van der Waals surface area contributed by atoms with Crippen LogP contribution in [0.1, 0.15) is 46.0 Å². The molecule has 1 atom stereocenters. The summed E-state index contributed by atoms with van der Waals surface area (Å²) in [6, 6.07) is 16.9. The van der Waals surface area contributed by atoms with Crippen molar-refractivity contribution >= 4 is 41.9 Å². The molecule has 0 radical (unpaired) electrons. The highest BCUT2D eigenvalue weighted by Crippen LogP contribution is 2.27. The van der Waals surface area contributed by atoms with E-state index in [2.05, 4.69) is 32.5 Å². The molecule has 2 aromatic carbocycles. The lowest BCUT2D eigenvalue weighted by molar-refractivity contribution is 0.0963. The third kappa shape index (κ3) is 5.23. The molecule has 0 spiro atoms. The highest BCUT2D eigenvalue weighted by Gasteiger charge is 2.15. The van der Waals surface area contributed by atoms with Crippen LogP contribution in [0.3, 0.4) is 0 Å². The van der Waals surface area contributed by atoms with Gasteiger partial charge < -0.3 is 10.6 Å². The summed E-state index contributed by atoms with van der Waals surface area (Å²) in [7, 11) is 1.62. The fourth-order valence-electron chi connectivity index (χ4n) is 3.78. The van der Waals surface area contributed by atoms with Crippen molar-refractivity contribution < 1.29 is 9.59 Å². The predicted molar refractivity (Wildman–Crippen MR) is 140 cm³/mol. The summed E-state index contributed by atoms with van der Waals surface area (Å²) in [5, 5.41) is 6.90. The molecule has 0 aliphatic carbocycles. The van der Waals surface area contributed by atoms with E-state index in [1.165, 1.54) is 6.33 Å². The van der Waals surface area contributed by atoms with Crippen LogP contribution in [0.4, 0.5) is 5.82 Å². The Labute approximate surface area is 205 Å². The van der Waals surface area contributed by atoms with Crippen LogP contribution in [-0.4, -0.2) is 40.2 Å². The number of nitrogens with zero attached hydrogens (tertiary/aromatic N) is 3. The van der Waals surface area contributed by atoms with Gasteiger partial charge in [0.2, 0.25) is 0 Å². The zero-order valence-corrected chi connectivity index (χ0v) is 20.3. The molecule has 1 amide bonds. The molecule has 0 bridgehead atoms. The molecule has 2 aromatic heterocycles. The van der Waals surface area contributed by atoms with Crippen LogP contribution in [-0.2, 0) is 0 Å². The molecule has 0 saturated carbocycles. The molecular weight excluding hydrogens is 446 g/mol. The Morgan fingerprint density at radius 3 is 2.47 bits per heavy atom. The van der Waals surface area contributed by atoms with Crippen molar-refractivity contribution in [1.82, 2.24) is 20.3 Å². The van der Waals surface area contributed by atoms with E-state index in [4.69, 9.17) is 0 Å². The number of carbonyl (C=O) groups excluding carboxylic acids is 2. The number of Topliss-reactive ketones (excluding diaryl/α,β-unsaturated/α-hetero) is 1. The number of para-hydroxylation sites is 1. The number of anilines is 1. The summed E-state index contributed by atoms with van der Waals surface area (Å²) in [5.74, 6) is 0.734. The van der Waals surface area contributed by atoms with E-state index < -0.39 is 0 Å². The normalized spacial score (nSPS) is 11.4. The number of nitrogens with one attached hydrogen (secondary N) is 2. The van der Waals surface area contributed by atoms with Gasteiger partial charge in [0.25, 0.3) is 5.91 Å². The standard InChI is InChI=1S/C26H25N5O2.H2S/c1-16(20-5-4-6-21-22(26(33)27-3)11-12-28-25(20)21)14-29-24-13-23(30-15-31-24)19-9-7-18(8-10-19)17(2)32;/h4-13,15-16H,14H2,1-3H3,(H,27,33)(H,29,30,31);1H2/t16-;/m1./s1. The lowest BCUT2D eigenvalue weighted by Crippen LogP contribution is -2.18. The summed E-state index contributed by atoms with van der Waals surface area (Å²) in [4.78, 5) is 37.0. The number of benzene rings is 2. The fraction of sp³-hybridized carbons (Fsp3) is 0.192. The maximum absolute atomic E-state index is 12.2. The lowest BCUT2D eigenvalue weighted by atomic mass is 9.96. The topological polar surface area (TPSA) is 96.9 Å². The fourth-order valence-corrected chi connectivity index (χ4v) is 3.78. The Balaban J connectivity index is 0.00000324. The number of hydrogen-bond donors (Lipinski definition) is 2. The first kappa shape index (κ1) is 24.9. The number of hydrogen-bond acceptors (Lipinski definition) is 6. The molecule has 0 aliphatic rings. The number of ketones is 1. The lowest BCUT2D eigenvalue weighted by Gasteiger charge is -2.16. The molecule has 4 rings (SSSR count). The zero-order chi connectivity index (χ0) is 23.4. The molecule has 0 unspecified atom stereocenters. The Morgan fingerprint density at radius 2 is 1.76 bits per heavy atom. The zero-order valence-electron chi connectivity index (χ0n) is 19.3. The molecule has 0 saturated heterocycles. The van der Waals surface area contributed by atoms with Crippen LogP contribution < -0.4 is 10.6 Å². The van der Waals surface area contributed by atoms with Gasteiger partial charge in [-0.2, -0.15) is 13.5 Å². The average Bonchev–Trinajstić information content (AvgIpc) is 2.86. The SMILES string of the molecule is CNC(=O)c1ccnc2c([C@H](C)CNc3cc(-c4ccc(C(C)=O)cc4)ncn3)cccc12.S. The van der Waals surface area contributed by atoms with Crippen LogP contribution in [0.5, 0.6) is 0 Å². The Hall–Kier alpha value is -3.78. The third-order valence-electron chi connectivity index (χ3n) is 5.65. The molecule has 8 heteroatoms. The maximum atomic E-state index is 12.2. The van der Waals surface area contributed by atoms with Crippen LogP contribution in [0.25, 0.3) is 22.2 Å². The predicted octanol–water partition coefficient (Wildman–Crippen LogP) is 4.58. The van der Waals surface area contributed by atoms with Crippen molar-refractivity contribution in [3.63, 3.8) is 0 Å². The van der Waals surface area contributed by atoms with Crippen LogP contribution >= 0.6 is 13.5 Å². The van der Waals surface area contributed by atoms with Gasteiger partial charge in [-0.1, -0.05) is 49.4 Å². The summed E-state index contributed by atoms with van der Waals surface area (Å²) >= 11 is 0. The van der Waals surface area contributed by atoms with E-state index >= 15 is 0 Å². The minimum absolute atomic E-state index is 0. The Morgan fingerprint density at radius 1 is 1.00 bits per heavy atom. The molecule has 7 nitrogen and oxygen atoms in total. The van der Waals surface area contributed by atoms with Gasteiger partial charge in [-0.15, -0.1) is 0 Å². The number of aromatic nitrogens is 3. The molecule has 174 valence electrons. The first-order valence-corrected chi connectivity index (χ1v) is 10.7.